The summed E-state index contributed by atoms with van der Waals surface area (Å²) in [6.07, 6.45) is 4.52. The Bertz CT molecular complexity index is 1600. The second-order valence-electron chi connectivity index (χ2n) is 8.78. The number of aromatic nitrogens is 3. The number of H-pyrrole nitrogens is 1. The maximum atomic E-state index is 15.9. The molecule has 5 rings (SSSR count). The summed E-state index contributed by atoms with van der Waals surface area (Å²) in [5.74, 6) is -0.0490. The molecule has 0 spiro atoms. The fourth-order valence-corrected chi connectivity index (χ4v) is 5.26. The third kappa shape index (κ3) is 4.60. The van der Waals surface area contributed by atoms with Crippen LogP contribution in [0.3, 0.4) is 0 Å². The van der Waals surface area contributed by atoms with Crippen molar-refractivity contribution in [3.63, 3.8) is 0 Å². The van der Waals surface area contributed by atoms with Crippen LogP contribution in [-0.2, 0) is 6.42 Å². The molecule has 6 nitrogen and oxygen atoms in total. The van der Waals surface area contributed by atoms with Gasteiger partial charge in [-0.25, -0.2) is 14.4 Å². The number of nitrogens with two attached hydrogens (primary N) is 2. The largest absolute Gasteiger partial charge is 0.494 e. The lowest BCUT2D eigenvalue weighted by molar-refractivity contribution is 0.383. The lowest BCUT2D eigenvalue weighted by atomic mass is 9.90. The van der Waals surface area contributed by atoms with Crippen LogP contribution in [0, 0.1) is 5.82 Å². The highest BCUT2D eigenvalue weighted by Gasteiger charge is 2.28. The molecule has 0 bridgehead atoms. The predicted molar refractivity (Wildman–Crippen MR) is 150 cm³/mol. The highest BCUT2D eigenvalue weighted by molar-refractivity contribution is 7.98. The van der Waals surface area contributed by atoms with Crippen molar-refractivity contribution in [2.45, 2.75) is 24.2 Å². The Kier molecular flexibility index (Phi) is 6.76. The Hall–Kier alpha value is -4.04. The number of aryl methyl sites for hydroxylation is 1. The number of anilines is 2. The van der Waals surface area contributed by atoms with Gasteiger partial charge in [-0.15, -0.1) is 11.8 Å². The second-order valence-corrected chi connectivity index (χ2v) is 9.63. The fraction of sp³-hybridized carbons (Fsp3) is 0.172. The van der Waals surface area contributed by atoms with E-state index < -0.39 is 11.7 Å². The van der Waals surface area contributed by atoms with Gasteiger partial charge in [0.1, 0.15) is 11.6 Å². The standard InChI is InChI=1S/C29H28FN5OS/c1-4-16-11-21(27(30)24(12-16)36-2)26(22-14-17-13-18(31)9-10-19(17)28(32)34-22)29-33-15-23(35-29)20-7-5-6-8-25(20)37-3/h5-15,26H,4,31H2,1-3H3,(H2,32,34)(H,33,35). The zero-order valence-electron chi connectivity index (χ0n) is 20.9. The van der Waals surface area contributed by atoms with Crippen molar-refractivity contribution < 1.29 is 9.13 Å². The quantitative estimate of drug-likeness (QED) is 0.172. The molecule has 0 fully saturated rings. The molecule has 0 saturated heterocycles. The average Bonchev–Trinajstić information content (AvgIpc) is 3.39. The first-order valence-electron chi connectivity index (χ1n) is 11.9. The van der Waals surface area contributed by atoms with Gasteiger partial charge in [0.05, 0.1) is 30.6 Å². The number of hydrogen-bond donors (Lipinski definition) is 3. The van der Waals surface area contributed by atoms with Crippen molar-refractivity contribution in [1.82, 2.24) is 15.0 Å². The number of nitrogens with zero attached hydrogens (tertiary/aromatic N) is 2. The Labute approximate surface area is 219 Å². The summed E-state index contributed by atoms with van der Waals surface area (Å²) in [6.45, 7) is 2.02. The van der Waals surface area contributed by atoms with Crippen molar-refractivity contribution in [3.05, 3.63) is 95.3 Å². The molecule has 0 amide bonds. The van der Waals surface area contributed by atoms with E-state index in [0.29, 0.717) is 35.0 Å². The molecular weight excluding hydrogens is 485 g/mol. The van der Waals surface area contributed by atoms with Crippen LogP contribution in [-0.4, -0.2) is 28.3 Å². The van der Waals surface area contributed by atoms with E-state index in [-0.39, 0.29) is 5.75 Å². The number of ether oxygens (including phenoxy) is 1. The molecule has 0 radical (unpaired) electrons. The molecule has 0 saturated carbocycles. The van der Waals surface area contributed by atoms with Gasteiger partial charge < -0.3 is 21.2 Å². The number of thioether (sulfide) groups is 1. The minimum Gasteiger partial charge on any atom is -0.494 e. The summed E-state index contributed by atoms with van der Waals surface area (Å²) in [7, 11) is 1.47. The molecule has 2 aromatic heterocycles. The van der Waals surface area contributed by atoms with Crippen LogP contribution in [0.4, 0.5) is 15.9 Å². The van der Waals surface area contributed by atoms with Gasteiger partial charge in [0.15, 0.2) is 11.6 Å². The molecule has 3 aromatic carbocycles. The molecule has 0 aliphatic heterocycles. The van der Waals surface area contributed by atoms with E-state index in [0.717, 1.165) is 32.5 Å². The maximum absolute atomic E-state index is 15.9. The van der Waals surface area contributed by atoms with E-state index in [2.05, 4.69) is 11.1 Å². The molecule has 1 atom stereocenters. The predicted octanol–water partition coefficient (Wildman–Crippen LogP) is 6.40. The molecule has 8 heteroatoms. The SMILES string of the molecule is CCc1cc(OC)c(F)c(C(c2cc3cc(N)ccc3c(N)n2)c2ncc(-c3ccccc3SC)[nH]2)c1. The lowest BCUT2D eigenvalue weighted by Gasteiger charge is -2.20. The fourth-order valence-electron chi connectivity index (χ4n) is 4.65. The monoisotopic (exact) mass is 513 g/mol. The number of benzene rings is 3. The van der Waals surface area contributed by atoms with E-state index >= 15 is 4.39 Å². The van der Waals surface area contributed by atoms with Crippen LogP contribution >= 0.6 is 11.8 Å². The number of imidazole rings is 1. The number of pyridine rings is 1. The number of hydrogen-bond acceptors (Lipinski definition) is 6. The van der Waals surface area contributed by atoms with E-state index in [1.54, 1.807) is 30.1 Å². The van der Waals surface area contributed by atoms with Gasteiger partial charge >= 0.3 is 0 Å². The third-order valence-electron chi connectivity index (χ3n) is 6.53. The Morgan fingerprint density at radius 2 is 1.89 bits per heavy atom. The Morgan fingerprint density at radius 1 is 1.08 bits per heavy atom. The zero-order chi connectivity index (χ0) is 26.1. The summed E-state index contributed by atoms with van der Waals surface area (Å²) in [5.41, 5.74) is 16.8. The smallest absolute Gasteiger partial charge is 0.169 e. The van der Waals surface area contributed by atoms with Gasteiger partial charge in [0.2, 0.25) is 0 Å². The highest BCUT2D eigenvalue weighted by Crippen LogP contribution is 2.39. The lowest BCUT2D eigenvalue weighted by Crippen LogP contribution is -2.12. The van der Waals surface area contributed by atoms with Crippen LogP contribution in [0.5, 0.6) is 5.75 Å². The van der Waals surface area contributed by atoms with Gasteiger partial charge in [-0.1, -0.05) is 31.2 Å². The number of methoxy groups -OCH3 is 1. The molecule has 0 aliphatic rings. The number of fused-ring (bicyclic) bond motifs is 1. The van der Waals surface area contributed by atoms with Gasteiger partial charge in [-0.05, 0) is 60.0 Å². The molecule has 5 N–H and O–H groups in total. The van der Waals surface area contributed by atoms with Crippen molar-refractivity contribution in [3.8, 4) is 17.0 Å². The molecule has 5 aromatic rings. The molecule has 0 aliphatic carbocycles. The molecule has 2 heterocycles. The highest BCUT2D eigenvalue weighted by atomic mass is 32.2. The topological polar surface area (TPSA) is 103 Å². The normalized spacial score (nSPS) is 12.1. The van der Waals surface area contributed by atoms with Crippen molar-refractivity contribution in [2.75, 3.05) is 24.8 Å². The number of nitrogen functional groups attached to an aromatic ring is 2. The first kappa shape index (κ1) is 24.6. The summed E-state index contributed by atoms with van der Waals surface area (Å²) in [6, 6.07) is 19.0. The Balaban J connectivity index is 1.76. The van der Waals surface area contributed by atoms with Crippen molar-refractivity contribution in [2.24, 2.45) is 0 Å². The number of rotatable bonds is 7. The van der Waals surface area contributed by atoms with Gasteiger partial charge in [-0.3, -0.25) is 0 Å². The average molecular weight is 514 g/mol. The third-order valence-corrected chi connectivity index (χ3v) is 7.33. The van der Waals surface area contributed by atoms with Crippen LogP contribution in [0.25, 0.3) is 22.0 Å². The maximum Gasteiger partial charge on any atom is 0.169 e. The first-order chi connectivity index (χ1) is 17.9. The minimum atomic E-state index is -0.663. The first-order valence-corrected chi connectivity index (χ1v) is 13.2. The number of halogens is 1. The second kappa shape index (κ2) is 10.1. The van der Waals surface area contributed by atoms with Gasteiger partial charge in [0, 0.05) is 27.1 Å². The summed E-state index contributed by atoms with van der Waals surface area (Å²) < 4.78 is 21.3. The summed E-state index contributed by atoms with van der Waals surface area (Å²) in [5, 5.41) is 1.61. The van der Waals surface area contributed by atoms with Gasteiger partial charge in [-0.2, -0.15) is 0 Å². The van der Waals surface area contributed by atoms with E-state index in [1.807, 2.05) is 55.6 Å². The van der Waals surface area contributed by atoms with Crippen molar-refractivity contribution in [1.29, 1.82) is 0 Å². The van der Waals surface area contributed by atoms with Crippen molar-refractivity contribution >= 4 is 34.0 Å². The molecule has 188 valence electrons. The van der Waals surface area contributed by atoms with Crippen LogP contribution in [0.2, 0.25) is 0 Å². The minimum absolute atomic E-state index is 0.178. The number of nitrogens with one attached hydrogen (secondary N) is 1. The zero-order valence-corrected chi connectivity index (χ0v) is 21.7. The molecular formula is C29H28FN5OS. The van der Waals surface area contributed by atoms with Crippen LogP contribution in [0.15, 0.2) is 71.8 Å². The van der Waals surface area contributed by atoms with E-state index in [4.69, 9.17) is 26.2 Å². The van der Waals surface area contributed by atoms with Crippen LogP contribution in [0.1, 0.15) is 35.5 Å². The van der Waals surface area contributed by atoms with E-state index in [9.17, 15) is 0 Å². The number of aromatic amines is 1. The van der Waals surface area contributed by atoms with Gasteiger partial charge in [0.25, 0.3) is 0 Å². The molecule has 37 heavy (non-hydrogen) atoms. The van der Waals surface area contributed by atoms with E-state index in [1.165, 1.54) is 7.11 Å². The molecule has 1 unspecified atom stereocenters. The summed E-state index contributed by atoms with van der Waals surface area (Å²) >= 11 is 1.65. The van der Waals surface area contributed by atoms with Crippen LogP contribution < -0.4 is 16.2 Å². The summed E-state index contributed by atoms with van der Waals surface area (Å²) in [4.78, 5) is 14.0. The Morgan fingerprint density at radius 3 is 2.65 bits per heavy atom.